The maximum atomic E-state index is 13.5. The number of amides is 1. The molecular formula is C16H20FNO5. The molecule has 1 heterocycles. The van der Waals surface area contributed by atoms with Gasteiger partial charge in [-0.25, -0.2) is 14.0 Å². The molecule has 0 spiro atoms. The summed E-state index contributed by atoms with van der Waals surface area (Å²) in [6.45, 7) is 5.34. The molecule has 2 atom stereocenters. The third kappa shape index (κ3) is 4.34. The predicted octanol–water partition coefficient (Wildman–Crippen LogP) is 2.67. The monoisotopic (exact) mass is 325 g/mol. The highest BCUT2D eigenvalue weighted by Gasteiger charge is 2.36. The van der Waals surface area contributed by atoms with Crippen molar-refractivity contribution < 1.29 is 28.6 Å². The topological polar surface area (TPSA) is 84.9 Å². The van der Waals surface area contributed by atoms with Crippen LogP contribution in [0.2, 0.25) is 0 Å². The van der Waals surface area contributed by atoms with Gasteiger partial charge in [-0.15, -0.1) is 0 Å². The van der Waals surface area contributed by atoms with Crippen molar-refractivity contribution >= 4 is 12.1 Å². The average molecular weight is 325 g/mol. The minimum Gasteiger partial charge on any atom is -0.493 e. The molecule has 1 aromatic rings. The van der Waals surface area contributed by atoms with E-state index in [2.05, 4.69) is 5.32 Å². The smallest absolute Gasteiger partial charge is 0.408 e. The van der Waals surface area contributed by atoms with Gasteiger partial charge in [-0.2, -0.15) is 0 Å². The highest BCUT2D eigenvalue weighted by molar-refractivity contribution is 5.81. The molecule has 1 aliphatic rings. The number of rotatable bonds is 3. The Balaban J connectivity index is 2.24. The van der Waals surface area contributed by atoms with E-state index >= 15 is 0 Å². The molecule has 0 saturated heterocycles. The Morgan fingerprint density at radius 2 is 2.13 bits per heavy atom. The van der Waals surface area contributed by atoms with E-state index in [1.807, 2.05) is 0 Å². The minimum atomic E-state index is -1.23. The van der Waals surface area contributed by atoms with Gasteiger partial charge in [0.2, 0.25) is 0 Å². The van der Waals surface area contributed by atoms with E-state index in [0.717, 1.165) is 0 Å². The van der Waals surface area contributed by atoms with Crippen LogP contribution >= 0.6 is 0 Å². The summed E-state index contributed by atoms with van der Waals surface area (Å²) in [5.41, 5.74) is -0.313. The fourth-order valence-corrected chi connectivity index (χ4v) is 2.51. The van der Waals surface area contributed by atoms with Crippen LogP contribution < -0.4 is 10.1 Å². The Labute approximate surface area is 133 Å². The first-order valence-corrected chi connectivity index (χ1v) is 7.32. The summed E-state index contributed by atoms with van der Waals surface area (Å²) in [6.07, 6.45) is -0.474. The van der Waals surface area contributed by atoms with Gasteiger partial charge < -0.3 is 19.9 Å². The first-order chi connectivity index (χ1) is 10.7. The van der Waals surface area contributed by atoms with E-state index < -0.39 is 35.4 Å². The first kappa shape index (κ1) is 17.1. The number of carbonyl (C=O) groups excluding carboxylic acids is 1. The van der Waals surface area contributed by atoms with E-state index in [-0.39, 0.29) is 0 Å². The number of carbonyl (C=O) groups is 2. The molecule has 1 aliphatic heterocycles. The van der Waals surface area contributed by atoms with Crippen LogP contribution in [-0.4, -0.2) is 35.4 Å². The largest absolute Gasteiger partial charge is 0.493 e. The molecule has 0 fully saturated rings. The Morgan fingerprint density at radius 3 is 2.74 bits per heavy atom. The SMILES string of the molecule is CC(C)(C)OC(=O)NC(C(=O)O)[C@H]1CCOc2ccc(F)cc21. The molecule has 1 amide bonds. The number of alkyl carbamates (subject to hydrolysis) is 1. The van der Waals surface area contributed by atoms with E-state index in [4.69, 9.17) is 9.47 Å². The lowest BCUT2D eigenvalue weighted by molar-refractivity contribution is -0.140. The summed E-state index contributed by atoms with van der Waals surface area (Å²) < 4.78 is 24.0. The summed E-state index contributed by atoms with van der Waals surface area (Å²) >= 11 is 0. The van der Waals surface area contributed by atoms with Crippen LogP contribution in [0.5, 0.6) is 5.75 Å². The van der Waals surface area contributed by atoms with Crippen molar-refractivity contribution in [2.75, 3.05) is 6.61 Å². The van der Waals surface area contributed by atoms with Crippen LogP contribution in [-0.2, 0) is 9.53 Å². The average Bonchev–Trinajstić information content (AvgIpc) is 2.42. The maximum Gasteiger partial charge on any atom is 0.408 e. The fraction of sp³-hybridized carbons (Fsp3) is 0.500. The molecule has 7 heteroatoms. The number of ether oxygens (including phenoxy) is 2. The number of benzene rings is 1. The minimum absolute atomic E-state index is 0.295. The molecule has 0 aliphatic carbocycles. The van der Waals surface area contributed by atoms with Gasteiger partial charge in [-0.3, -0.25) is 0 Å². The van der Waals surface area contributed by atoms with Crippen LogP contribution in [0.4, 0.5) is 9.18 Å². The van der Waals surface area contributed by atoms with Crippen LogP contribution in [0.15, 0.2) is 18.2 Å². The molecule has 0 radical (unpaired) electrons. The third-order valence-electron chi connectivity index (χ3n) is 3.40. The lowest BCUT2D eigenvalue weighted by Crippen LogP contribution is -2.47. The number of halogens is 1. The molecule has 2 N–H and O–H groups in total. The zero-order valence-corrected chi connectivity index (χ0v) is 13.3. The van der Waals surface area contributed by atoms with Gasteiger partial charge in [-0.1, -0.05) is 0 Å². The molecular weight excluding hydrogens is 305 g/mol. The number of nitrogens with one attached hydrogen (secondary N) is 1. The van der Waals surface area contributed by atoms with E-state index in [0.29, 0.717) is 24.3 Å². The molecule has 6 nitrogen and oxygen atoms in total. The van der Waals surface area contributed by atoms with Gasteiger partial charge in [0.05, 0.1) is 6.61 Å². The third-order valence-corrected chi connectivity index (χ3v) is 3.40. The normalized spacial score (nSPS) is 18.3. The fourth-order valence-electron chi connectivity index (χ4n) is 2.51. The summed E-state index contributed by atoms with van der Waals surface area (Å²) in [6, 6.07) is 2.72. The zero-order valence-electron chi connectivity index (χ0n) is 13.3. The van der Waals surface area contributed by atoms with Crippen LogP contribution in [0.25, 0.3) is 0 Å². The van der Waals surface area contributed by atoms with Crippen molar-refractivity contribution in [3.05, 3.63) is 29.6 Å². The van der Waals surface area contributed by atoms with Crippen molar-refractivity contribution in [3.8, 4) is 5.75 Å². The summed E-state index contributed by atoms with van der Waals surface area (Å²) in [5.74, 6) is -1.86. The molecule has 0 aromatic heterocycles. The van der Waals surface area contributed by atoms with E-state index in [1.165, 1.54) is 18.2 Å². The molecule has 0 saturated carbocycles. The number of hydrogen-bond acceptors (Lipinski definition) is 4. The number of fused-ring (bicyclic) bond motifs is 1. The second-order valence-electron chi connectivity index (χ2n) is 6.39. The number of aliphatic carboxylic acids is 1. The first-order valence-electron chi connectivity index (χ1n) is 7.32. The van der Waals surface area contributed by atoms with E-state index in [1.54, 1.807) is 20.8 Å². The second-order valence-corrected chi connectivity index (χ2v) is 6.39. The van der Waals surface area contributed by atoms with E-state index in [9.17, 15) is 19.1 Å². The van der Waals surface area contributed by atoms with Crippen molar-refractivity contribution in [3.63, 3.8) is 0 Å². The van der Waals surface area contributed by atoms with Gasteiger partial charge >= 0.3 is 12.1 Å². The summed E-state index contributed by atoms with van der Waals surface area (Å²) in [7, 11) is 0. The number of carboxylic acid groups (broad SMARTS) is 1. The summed E-state index contributed by atoms with van der Waals surface area (Å²) in [4.78, 5) is 23.5. The van der Waals surface area contributed by atoms with Crippen LogP contribution in [0, 0.1) is 5.82 Å². The van der Waals surface area contributed by atoms with Crippen molar-refractivity contribution in [1.29, 1.82) is 0 Å². The molecule has 1 aromatic carbocycles. The van der Waals surface area contributed by atoms with Crippen LogP contribution in [0.1, 0.15) is 38.7 Å². The van der Waals surface area contributed by atoms with Crippen molar-refractivity contribution in [1.82, 2.24) is 5.32 Å². The van der Waals surface area contributed by atoms with Crippen molar-refractivity contribution in [2.45, 2.75) is 44.8 Å². The van der Waals surface area contributed by atoms with Gasteiger partial charge in [0.25, 0.3) is 0 Å². The molecule has 126 valence electrons. The summed E-state index contributed by atoms with van der Waals surface area (Å²) in [5, 5.41) is 11.8. The Morgan fingerprint density at radius 1 is 1.43 bits per heavy atom. The number of carboxylic acids is 1. The molecule has 0 bridgehead atoms. The van der Waals surface area contributed by atoms with Crippen molar-refractivity contribution in [2.24, 2.45) is 0 Å². The van der Waals surface area contributed by atoms with Gasteiger partial charge in [-0.05, 0) is 45.4 Å². The maximum absolute atomic E-state index is 13.5. The quantitative estimate of drug-likeness (QED) is 0.892. The Bertz CT molecular complexity index is 611. The van der Waals surface area contributed by atoms with Crippen LogP contribution in [0.3, 0.4) is 0 Å². The highest BCUT2D eigenvalue weighted by Crippen LogP contribution is 2.36. The standard InChI is InChI=1S/C16H20FNO5/c1-16(2,3)23-15(21)18-13(14(19)20)10-6-7-22-12-5-4-9(17)8-11(10)12/h4-5,8,10,13H,6-7H2,1-3H3,(H,18,21)(H,19,20)/t10-,13?/m0/s1. The lowest BCUT2D eigenvalue weighted by Gasteiger charge is -2.31. The van der Waals surface area contributed by atoms with Gasteiger partial charge in [0, 0.05) is 11.5 Å². The molecule has 2 rings (SSSR count). The van der Waals surface area contributed by atoms with Gasteiger partial charge in [0.15, 0.2) is 0 Å². The molecule has 23 heavy (non-hydrogen) atoms. The number of hydrogen-bond donors (Lipinski definition) is 2. The second kappa shape index (κ2) is 6.44. The predicted molar refractivity (Wildman–Crippen MR) is 80.0 cm³/mol. The molecule has 1 unspecified atom stereocenters. The zero-order chi connectivity index (χ0) is 17.2. The Hall–Kier alpha value is -2.31. The highest BCUT2D eigenvalue weighted by atomic mass is 19.1. The Kier molecular flexibility index (Phi) is 4.77. The van der Waals surface area contributed by atoms with Gasteiger partial charge in [0.1, 0.15) is 23.2 Å². The lowest BCUT2D eigenvalue weighted by atomic mass is 9.86.